The summed E-state index contributed by atoms with van der Waals surface area (Å²) in [5.74, 6) is 1.68. The van der Waals surface area contributed by atoms with Crippen LogP contribution in [-0.2, 0) is 6.54 Å². The maximum absolute atomic E-state index is 5.29. The van der Waals surface area contributed by atoms with Crippen LogP contribution < -0.4 is 14.8 Å². The maximum atomic E-state index is 5.29. The van der Waals surface area contributed by atoms with E-state index in [4.69, 9.17) is 14.5 Å². The molecule has 0 aliphatic rings. The molecule has 0 saturated heterocycles. The first-order valence-corrected chi connectivity index (χ1v) is 9.93. The van der Waals surface area contributed by atoms with Gasteiger partial charge in [-0.15, -0.1) is 11.3 Å². The van der Waals surface area contributed by atoms with Crippen LogP contribution in [0.15, 0.2) is 52.3 Å². The van der Waals surface area contributed by atoms with Gasteiger partial charge in [-0.05, 0) is 52.7 Å². The largest absolute Gasteiger partial charge is 0.497 e. The highest BCUT2D eigenvalue weighted by Crippen LogP contribution is 2.29. The van der Waals surface area contributed by atoms with Crippen molar-refractivity contribution in [3.8, 4) is 22.1 Å². The lowest BCUT2D eigenvalue weighted by Gasteiger charge is -2.15. The van der Waals surface area contributed by atoms with Crippen molar-refractivity contribution < 1.29 is 9.47 Å². The van der Waals surface area contributed by atoms with Gasteiger partial charge in [0, 0.05) is 23.5 Å². The predicted octanol–water partition coefficient (Wildman–Crippen LogP) is 5.44. The number of hydrogen-bond acceptors (Lipinski definition) is 5. The minimum Gasteiger partial charge on any atom is -0.497 e. The van der Waals surface area contributed by atoms with Crippen molar-refractivity contribution in [2.45, 2.75) is 19.5 Å². The second-order valence-electron chi connectivity index (χ2n) is 5.87. The van der Waals surface area contributed by atoms with Crippen molar-refractivity contribution in [1.29, 1.82) is 0 Å². The van der Waals surface area contributed by atoms with E-state index in [0.29, 0.717) is 6.54 Å². The van der Waals surface area contributed by atoms with Gasteiger partial charge >= 0.3 is 0 Å². The zero-order chi connectivity index (χ0) is 18.5. The van der Waals surface area contributed by atoms with E-state index >= 15 is 0 Å². The Hall–Kier alpha value is -1.89. The number of rotatable bonds is 7. The lowest BCUT2D eigenvalue weighted by atomic mass is 10.1. The van der Waals surface area contributed by atoms with Gasteiger partial charge in [-0.2, -0.15) is 0 Å². The lowest BCUT2D eigenvalue weighted by Crippen LogP contribution is -2.18. The van der Waals surface area contributed by atoms with Crippen molar-refractivity contribution in [3.63, 3.8) is 0 Å². The highest BCUT2D eigenvalue weighted by molar-refractivity contribution is 9.10. The molecule has 1 heterocycles. The smallest absolute Gasteiger partial charge is 0.133 e. The quantitative estimate of drug-likeness (QED) is 0.539. The van der Waals surface area contributed by atoms with Crippen molar-refractivity contribution in [2.24, 2.45) is 0 Å². The Morgan fingerprint density at radius 2 is 2.00 bits per heavy atom. The van der Waals surface area contributed by atoms with E-state index in [1.165, 1.54) is 5.56 Å². The average Bonchev–Trinajstić information content (AvgIpc) is 3.15. The van der Waals surface area contributed by atoms with Gasteiger partial charge in [0.05, 0.1) is 24.4 Å². The predicted molar refractivity (Wildman–Crippen MR) is 110 cm³/mol. The van der Waals surface area contributed by atoms with Gasteiger partial charge < -0.3 is 14.8 Å². The van der Waals surface area contributed by atoms with E-state index in [2.05, 4.69) is 51.7 Å². The fraction of sp³-hybridized carbons (Fsp3) is 0.250. The van der Waals surface area contributed by atoms with Crippen LogP contribution in [0, 0.1) is 0 Å². The second-order valence-corrected chi connectivity index (χ2v) is 7.58. The van der Waals surface area contributed by atoms with E-state index in [1.54, 1.807) is 25.6 Å². The van der Waals surface area contributed by atoms with E-state index < -0.39 is 0 Å². The van der Waals surface area contributed by atoms with Crippen LogP contribution in [0.2, 0.25) is 0 Å². The minimum atomic E-state index is 0.208. The number of nitrogens with one attached hydrogen (secondary N) is 1. The number of methoxy groups -OCH3 is 2. The van der Waals surface area contributed by atoms with Crippen LogP contribution in [0.4, 0.5) is 0 Å². The molecule has 0 aliphatic heterocycles. The number of nitrogens with zero attached hydrogens (tertiary/aromatic N) is 1. The molecule has 1 unspecified atom stereocenters. The summed E-state index contributed by atoms with van der Waals surface area (Å²) in [7, 11) is 3.35. The van der Waals surface area contributed by atoms with E-state index in [-0.39, 0.29) is 6.04 Å². The lowest BCUT2D eigenvalue weighted by molar-refractivity contribution is 0.411. The summed E-state index contributed by atoms with van der Waals surface area (Å²) in [4.78, 5) is 4.74. The van der Waals surface area contributed by atoms with Gasteiger partial charge in [-0.1, -0.05) is 18.2 Å². The molecule has 3 aromatic rings. The van der Waals surface area contributed by atoms with Crippen LogP contribution in [0.3, 0.4) is 0 Å². The molecule has 0 bridgehead atoms. The van der Waals surface area contributed by atoms with Gasteiger partial charge in [0.25, 0.3) is 0 Å². The van der Waals surface area contributed by atoms with E-state index in [1.807, 2.05) is 24.3 Å². The van der Waals surface area contributed by atoms with Crippen molar-refractivity contribution in [3.05, 3.63) is 63.6 Å². The topological polar surface area (TPSA) is 43.4 Å². The zero-order valence-corrected chi connectivity index (χ0v) is 17.4. The Labute approximate surface area is 166 Å². The first-order valence-electron chi connectivity index (χ1n) is 8.26. The monoisotopic (exact) mass is 432 g/mol. The van der Waals surface area contributed by atoms with Gasteiger partial charge in [0.1, 0.15) is 16.5 Å². The molecule has 2 aromatic carbocycles. The standard InChI is InChI=1S/C20H21BrN2O2S/c1-13(14-7-8-19(25-3)18(21)10-14)22-11-16-12-26-20(23-16)15-5-4-6-17(9-15)24-2/h4-10,12-13,22H,11H2,1-3H3. The molecule has 0 spiro atoms. The molecule has 1 N–H and O–H groups in total. The van der Waals surface area contributed by atoms with Gasteiger partial charge in [0.2, 0.25) is 0 Å². The number of thiazole rings is 1. The molecule has 0 amide bonds. The third-order valence-corrected chi connectivity index (χ3v) is 5.69. The molecule has 0 radical (unpaired) electrons. The van der Waals surface area contributed by atoms with Crippen LogP contribution >= 0.6 is 27.3 Å². The average molecular weight is 433 g/mol. The molecule has 3 rings (SSSR count). The number of aromatic nitrogens is 1. The second kappa shape index (κ2) is 8.66. The summed E-state index contributed by atoms with van der Waals surface area (Å²) in [6, 6.07) is 14.3. The Morgan fingerprint density at radius 1 is 1.15 bits per heavy atom. The maximum Gasteiger partial charge on any atom is 0.133 e. The number of ether oxygens (including phenoxy) is 2. The van der Waals surface area contributed by atoms with E-state index in [0.717, 1.165) is 32.2 Å². The molecule has 0 saturated carbocycles. The number of halogens is 1. The molecular weight excluding hydrogens is 412 g/mol. The Kier molecular flexibility index (Phi) is 6.29. The fourth-order valence-electron chi connectivity index (χ4n) is 2.60. The molecule has 0 fully saturated rings. The Bertz CT molecular complexity index is 882. The van der Waals surface area contributed by atoms with E-state index in [9.17, 15) is 0 Å². The first kappa shape index (κ1) is 18.9. The fourth-order valence-corrected chi connectivity index (χ4v) is 3.98. The van der Waals surface area contributed by atoms with Gasteiger partial charge in [-0.3, -0.25) is 0 Å². The van der Waals surface area contributed by atoms with Crippen LogP contribution in [0.25, 0.3) is 10.6 Å². The van der Waals surface area contributed by atoms with Crippen LogP contribution in [0.1, 0.15) is 24.2 Å². The molecule has 1 atom stereocenters. The number of hydrogen-bond donors (Lipinski definition) is 1. The van der Waals surface area contributed by atoms with Crippen LogP contribution in [0.5, 0.6) is 11.5 Å². The van der Waals surface area contributed by atoms with Gasteiger partial charge in [0.15, 0.2) is 0 Å². The first-order chi connectivity index (χ1) is 12.6. The summed E-state index contributed by atoms with van der Waals surface area (Å²) in [5, 5.41) is 6.62. The SMILES string of the molecule is COc1cccc(-c2nc(CNC(C)c3ccc(OC)c(Br)c3)cs2)c1. The molecule has 26 heavy (non-hydrogen) atoms. The molecule has 0 aliphatic carbocycles. The summed E-state index contributed by atoms with van der Waals surface area (Å²) < 4.78 is 11.5. The van der Waals surface area contributed by atoms with Crippen molar-refractivity contribution >= 4 is 27.3 Å². The molecule has 136 valence electrons. The highest BCUT2D eigenvalue weighted by atomic mass is 79.9. The van der Waals surface area contributed by atoms with Gasteiger partial charge in [-0.25, -0.2) is 4.98 Å². The van der Waals surface area contributed by atoms with Crippen molar-refractivity contribution in [1.82, 2.24) is 10.3 Å². The normalized spacial score (nSPS) is 12.0. The minimum absolute atomic E-state index is 0.208. The summed E-state index contributed by atoms with van der Waals surface area (Å²) in [6.07, 6.45) is 0. The molecular formula is C20H21BrN2O2S. The highest BCUT2D eigenvalue weighted by Gasteiger charge is 2.10. The van der Waals surface area contributed by atoms with Crippen molar-refractivity contribution in [2.75, 3.05) is 14.2 Å². The third-order valence-electron chi connectivity index (χ3n) is 4.13. The zero-order valence-electron chi connectivity index (χ0n) is 15.0. The molecule has 1 aromatic heterocycles. The summed E-state index contributed by atoms with van der Waals surface area (Å²) >= 11 is 5.18. The number of benzene rings is 2. The summed E-state index contributed by atoms with van der Waals surface area (Å²) in [6.45, 7) is 2.86. The Balaban J connectivity index is 1.65. The Morgan fingerprint density at radius 3 is 2.73 bits per heavy atom. The summed E-state index contributed by atoms with van der Waals surface area (Å²) in [5.41, 5.74) is 3.31. The molecule has 6 heteroatoms. The van der Waals surface area contributed by atoms with Crippen LogP contribution in [-0.4, -0.2) is 19.2 Å². The molecule has 4 nitrogen and oxygen atoms in total. The third kappa shape index (κ3) is 4.44.